The van der Waals surface area contributed by atoms with Gasteiger partial charge in [0.2, 0.25) is 0 Å². The predicted molar refractivity (Wildman–Crippen MR) is 132 cm³/mol. The van der Waals surface area contributed by atoms with Crippen LogP contribution in [-0.2, 0) is 4.79 Å². The van der Waals surface area contributed by atoms with E-state index in [9.17, 15) is 4.79 Å². The number of hydrazone groups is 1. The Bertz CT molecular complexity index is 926. The molecule has 1 N–H and O–H groups in total. The first-order valence-electron chi connectivity index (χ1n) is 10.4. The van der Waals surface area contributed by atoms with E-state index in [1.807, 2.05) is 24.3 Å². The molecule has 0 radical (unpaired) electrons. The largest absolute Gasteiger partial charge is 0.483 e. The quantitative estimate of drug-likeness (QED) is 0.306. The fraction of sp³-hybridized carbons (Fsp3) is 0.417. The van der Waals surface area contributed by atoms with Crippen LogP contribution in [0.3, 0.4) is 0 Å². The molecule has 5 nitrogen and oxygen atoms in total. The van der Waals surface area contributed by atoms with E-state index < -0.39 is 0 Å². The van der Waals surface area contributed by atoms with Crippen molar-refractivity contribution in [1.82, 2.24) is 5.43 Å². The van der Waals surface area contributed by atoms with E-state index >= 15 is 0 Å². The fourth-order valence-electron chi connectivity index (χ4n) is 4.15. The first kappa shape index (κ1) is 22.6. The van der Waals surface area contributed by atoms with Crippen LogP contribution in [-0.4, -0.2) is 30.8 Å². The highest BCUT2D eigenvalue weighted by atomic mass is 127. The SMILES string of the molecule is CCCN1c2ccc(/C=N/NC(=O)COc3ccccc3I)cc2C(C)CC1(C)C. The molecule has 1 atom stereocenters. The van der Waals surface area contributed by atoms with Gasteiger partial charge in [-0.2, -0.15) is 5.10 Å². The third-order valence-corrected chi connectivity index (χ3v) is 6.35. The van der Waals surface area contributed by atoms with Crippen LogP contribution >= 0.6 is 22.6 Å². The topological polar surface area (TPSA) is 53.9 Å². The second kappa shape index (κ2) is 9.81. The van der Waals surface area contributed by atoms with E-state index in [0.29, 0.717) is 11.7 Å². The Morgan fingerprint density at radius 2 is 2.10 bits per heavy atom. The third kappa shape index (κ3) is 5.33. The number of para-hydroxylation sites is 1. The fourth-order valence-corrected chi connectivity index (χ4v) is 4.70. The van der Waals surface area contributed by atoms with Crippen LogP contribution in [0.5, 0.6) is 5.75 Å². The van der Waals surface area contributed by atoms with Crippen molar-refractivity contribution in [2.45, 2.75) is 52.0 Å². The van der Waals surface area contributed by atoms with Crippen LogP contribution in [0.2, 0.25) is 0 Å². The van der Waals surface area contributed by atoms with Crippen LogP contribution in [0, 0.1) is 3.57 Å². The molecule has 30 heavy (non-hydrogen) atoms. The van der Waals surface area contributed by atoms with E-state index in [-0.39, 0.29) is 18.1 Å². The van der Waals surface area contributed by atoms with Crippen LogP contribution in [0.4, 0.5) is 5.69 Å². The van der Waals surface area contributed by atoms with Gasteiger partial charge in [-0.05, 0) is 90.6 Å². The lowest BCUT2D eigenvalue weighted by atomic mass is 9.79. The number of carbonyl (C=O) groups is 1. The second-order valence-corrected chi connectivity index (χ2v) is 9.56. The molecule has 6 heteroatoms. The number of anilines is 1. The van der Waals surface area contributed by atoms with Gasteiger partial charge in [0, 0.05) is 17.8 Å². The summed E-state index contributed by atoms with van der Waals surface area (Å²) in [6, 6.07) is 14.0. The summed E-state index contributed by atoms with van der Waals surface area (Å²) in [6.45, 7) is 10.1. The maximum atomic E-state index is 12.0. The number of halogens is 1. The number of benzene rings is 2. The summed E-state index contributed by atoms with van der Waals surface area (Å²) in [5.41, 5.74) is 6.34. The molecule has 0 bridgehead atoms. The third-order valence-electron chi connectivity index (χ3n) is 5.46. The number of hydrogen-bond acceptors (Lipinski definition) is 4. The average Bonchev–Trinajstić information content (AvgIpc) is 2.70. The maximum absolute atomic E-state index is 12.0. The van der Waals surface area contributed by atoms with Gasteiger partial charge < -0.3 is 9.64 Å². The Labute approximate surface area is 193 Å². The first-order chi connectivity index (χ1) is 14.3. The summed E-state index contributed by atoms with van der Waals surface area (Å²) in [7, 11) is 0. The Kier molecular flexibility index (Phi) is 7.39. The van der Waals surface area contributed by atoms with Gasteiger partial charge in [0.25, 0.3) is 5.91 Å². The van der Waals surface area contributed by atoms with Crippen molar-refractivity contribution in [3.8, 4) is 5.75 Å². The van der Waals surface area contributed by atoms with Gasteiger partial charge in [-0.15, -0.1) is 0 Å². The zero-order chi connectivity index (χ0) is 21.7. The number of rotatable bonds is 7. The molecule has 0 spiro atoms. The number of amides is 1. The summed E-state index contributed by atoms with van der Waals surface area (Å²) in [5, 5.41) is 4.11. The molecule has 0 saturated carbocycles. The van der Waals surface area contributed by atoms with Gasteiger partial charge in [-0.1, -0.05) is 32.0 Å². The van der Waals surface area contributed by atoms with Crippen molar-refractivity contribution >= 4 is 40.4 Å². The molecule has 160 valence electrons. The molecule has 0 saturated heterocycles. The molecule has 1 heterocycles. The number of carbonyl (C=O) groups excluding carboxylic acids is 1. The Balaban J connectivity index is 1.63. The van der Waals surface area contributed by atoms with Crippen molar-refractivity contribution in [3.05, 3.63) is 57.2 Å². The molecule has 0 aromatic heterocycles. The lowest BCUT2D eigenvalue weighted by Crippen LogP contribution is -2.48. The minimum absolute atomic E-state index is 0.0698. The van der Waals surface area contributed by atoms with Gasteiger partial charge in [0.1, 0.15) is 5.75 Å². The zero-order valence-electron chi connectivity index (χ0n) is 18.1. The number of hydrogen-bond donors (Lipinski definition) is 1. The molecule has 0 fully saturated rings. The van der Waals surface area contributed by atoms with Crippen LogP contribution in [0.15, 0.2) is 47.6 Å². The molecular weight excluding hydrogens is 489 g/mol. The van der Waals surface area contributed by atoms with Crippen molar-refractivity contribution in [2.24, 2.45) is 5.10 Å². The summed E-state index contributed by atoms with van der Waals surface area (Å²) in [6.07, 6.45) is 3.94. The molecule has 1 amide bonds. The normalized spacial score (nSPS) is 17.6. The summed E-state index contributed by atoms with van der Waals surface area (Å²) >= 11 is 2.18. The number of fused-ring (bicyclic) bond motifs is 1. The maximum Gasteiger partial charge on any atom is 0.277 e. The monoisotopic (exact) mass is 519 g/mol. The highest BCUT2D eigenvalue weighted by molar-refractivity contribution is 14.1. The standard InChI is InChI=1S/C24H30IN3O2/c1-5-12-28-21-11-10-18(13-19(21)17(2)14-24(28,3)4)15-26-27-23(29)16-30-22-9-7-6-8-20(22)25/h6-11,13,15,17H,5,12,14,16H2,1-4H3,(H,27,29)/b26-15+. The average molecular weight is 519 g/mol. The molecule has 1 aliphatic rings. The molecule has 3 rings (SSSR count). The number of nitrogens with zero attached hydrogens (tertiary/aromatic N) is 2. The van der Waals surface area contributed by atoms with Crippen molar-refractivity contribution in [2.75, 3.05) is 18.1 Å². The summed E-state index contributed by atoms with van der Waals surface area (Å²) in [5.74, 6) is 0.890. The van der Waals surface area contributed by atoms with Crippen molar-refractivity contribution in [3.63, 3.8) is 0 Å². The highest BCUT2D eigenvalue weighted by Crippen LogP contribution is 2.43. The Morgan fingerprint density at radius 1 is 1.33 bits per heavy atom. The van der Waals surface area contributed by atoms with Crippen LogP contribution in [0.1, 0.15) is 57.6 Å². The highest BCUT2D eigenvalue weighted by Gasteiger charge is 2.35. The van der Waals surface area contributed by atoms with Gasteiger partial charge in [-0.3, -0.25) is 4.79 Å². The molecular formula is C24H30IN3O2. The van der Waals surface area contributed by atoms with E-state index in [1.165, 1.54) is 11.3 Å². The lowest BCUT2D eigenvalue weighted by Gasteiger charge is -2.47. The summed E-state index contributed by atoms with van der Waals surface area (Å²) < 4.78 is 6.51. The van der Waals surface area contributed by atoms with Crippen molar-refractivity contribution < 1.29 is 9.53 Å². The van der Waals surface area contributed by atoms with E-state index in [4.69, 9.17) is 4.74 Å². The number of ether oxygens (including phenoxy) is 1. The second-order valence-electron chi connectivity index (χ2n) is 8.40. The molecule has 1 unspecified atom stereocenters. The van der Waals surface area contributed by atoms with Gasteiger partial charge in [0.15, 0.2) is 6.61 Å². The van der Waals surface area contributed by atoms with Crippen LogP contribution in [0.25, 0.3) is 0 Å². The van der Waals surface area contributed by atoms with E-state index in [2.05, 4.69) is 83.9 Å². The lowest BCUT2D eigenvalue weighted by molar-refractivity contribution is -0.123. The van der Waals surface area contributed by atoms with Crippen molar-refractivity contribution in [1.29, 1.82) is 0 Å². The van der Waals surface area contributed by atoms with Gasteiger partial charge >= 0.3 is 0 Å². The summed E-state index contributed by atoms with van der Waals surface area (Å²) in [4.78, 5) is 14.6. The van der Waals surface area contributed by atoms with Gasteiger partial charge in [0.05, 0.1) is 9.78 Å². The van der Waals surface area contributed by atoms with Crippen LogP contribution < -0.4 is 15.1 Å². The van der Waals surface area contributed by atoms with Gasteiger partial charge in [-0.25, -0.2) is 5.43 Å². The molecule has 2 aromatic carbocycles. The van der Waals surface area contributed by atoms with E-state index in [1.54, 1.807) is 6.21 Å². The van der Waals surface area contributed by atoms with E-state index in [0.717, 1.165) is 28.5 Å². The Hall–Kier alpha value is -2.09. The first-order valence-corrected chi connectivity index (χ1v) is 11.5. The molecule has 0 aliphatic carbocycles. The predicted octanol–water partition coefficient (Wildman–Crippen LogP) is 5.32. The molecule has 1 aliphatic heterocycles. The smallest absolute Gasteiger partial charge is 0.277 e. The molecule has 2 aromatic rings. The zero-order valence-corrected chi connectivity index (χ0v) is 20.3. The Morgan fingerprint density at radius 3 is 2.83 bits per heavy atom. The minimum Gasteiger partial charge on any atom is -0.483 e. The number of nitrogens with one attached hydrogen (secondary N) is 1. The minimum atomic E-state index is -0.284.